The van der Waals surface area contributed by atoms with Crippen LogP contribution in [0.15, 0.2) is 55.1 Å². The van der Waals surface area contributed by atoms with Gasteiger partial charge < -0.3 is 9.88 Å². The van der Waals surface area contributed by atoms with Gasteiger partial charge in [-0.05, 0) is 78.6 Å². The Kier molecular flexibility index (Phi) is 4.39. The average molecular weight is 423 g/mol. The lowest BCUT2D eigenvalue weighted by Gasteiger charge is -2.26. The molecular weight excluding hydrogens is 396 g/mol. The largest absolute Gasteiger partial charge is 0.346 e. The first-order chi connectivity index (χ1) is 15.6. The normalized spacial score (nSPS) is 16.6. The Morgan fingerprint density at radius 2 is 1.94 bits per heavy atom. The van der Waals surface area contributed by atoms with E-state index in [2.05, 4.69) is 51.9 Å². The van der Waals surface area contributed by atoms with E-state index in [-0.39, 0.29) is 5.91 Å². The third-order valence-electron chi connectivity index (χ3n) is 7.07. The predicted molar refractivity (Wildman–Crippen MR) is 126 cm³/mol. The third-order valence-corrected chi connectivity index (χ3v) is 7.07. The van der Waals surface area contributed by atoms with E-state index in [0.717, 1.165) is 62.9 Å². The molecule has 4 heterocycles. The Bertz CT molecular complexity index is 1340. The number of hydrogen-bond acceptors (Lipinski definition) is 3. The molecule has 5 heteroatoms. The number of carbonyl (C=O) groups is 1. The van der Waals surface area contributed by atoms with Gasteiger partial charge >= 0.3 is 0 Å². The van der Waals surface area contributed by atoms with Crippen molar-refractivity contribution in [1.29, 1.82) is 0 Å². The van der Waals surface area contributed by atoms with Crippen LogP contribution in [-0.4, -0.2) is 31.8 Å². The van der Waals surface area contributed by atoms with E-state index in [9.17, 15) is 4.79 Å². The van der Waals surface area contributed by atoms with Crippen LogP contribution in [0.2, 0.25) is 0 Å². The van der Waals surface area contributed by atoms with Crippen LogP contribution in [0.1, 0.15) is 47.7 Å². The van der Waals surface area contributed by atoms with Crippen LogP contribution in [0, 0.1) is 12.8 Å². The number of pyridine rings is 2. The van der Waals surface area contributed by atoms with E-state index in [4.69, 9.17) is 0 Å². The van der Waals surface area contributed by atoms with Crippen LogP contribution in [0.4, 0.5) is 0 Å². The van der Waals surface area contributed by atoms with Crippen LogP contribution in [-0.2, 0) is 6.54 Å². The minimum atomic E-state index is 0.210. The number of amides is 1. The molecule has 160 valence electrons. The third kappa shape index (κ3) is 3.03. The molecule has 1 saturated carbocycles. The van der Waals surface area contributed by atoms with Gasteiger partial charge in [0.25, 0.3) is 5.91 Å². The molecule has 1 aliphatic carbocycles. The number of hydrogen-bond donors (Lipinski definition) is 1. The number of fused-ring (bicyclic) bond motifs is 2. The van der Waals surface area contributed by atoms with Crippen molar-refractivity contribution in [1.82, 2.24) is 19.9 Å². The predicted octanol–water partition coefficient (Wildman–Crippen LogP) is 5.74. The Balaban J connectivity index is 1.40. The first-order valence-electron chi connectivity index (χ1n) is 11.5. The van der Waals surface area contributed by atoms with Gasteiger partial charge in [0, 0.05) is 59.5 Å². The minimum Gasteiger partial charge on any atom is -0.346 e. The number of benzene rings is 1. The number of nitrogens with zero attached hydrogens (tertiary/aromatic N) is 3. The van der Waals surface area contributed by atoms with Crippen LogP contribution < -0.4 is 0 Å². The molecule has 0 unspecified atom stereocenters. The van der Waals surface area contributed by atoms with Crippen LogP contribution in [0.3, 0.4) is 0 Å². The summed E-state index contributed by atoms with van der Waals surface area (Å²) in [5, 5.41) is 1.09. The second-order valence-corrected chi connectivity index (χ2v) is 9.13. The number of carbonyl (C=O) groups excluding carboxylic acids is 1. The summed E-state index contributed by atoms with van der Waals surface area (Å²) in [5.74, 6) is 0.895. The van der Waals surface area contributed by atoms with Crippen molar-refractivity contribution in [2.24, 2.45) is 5.92 Å². The fraction of sp³-hybridized carbons (Fsp3) is 0.296. The Labute approximate surface area is 187 Å². The summed E-state index contributed by atoms with van der Waals surface area (Å²) in [7, 11) is 0. The van der Waals surface area contributed by atoms with Crippen LogP contribution in [0.25, 0.3) is 33.3 Å². The van der Waals surface area contributed by atoms with Gasteiger partial charge in [0.15, 0.2) is 0 Å². The van der Waals surface area contributed by atoms with Crippen molar-refractivity contribution < 1.29 is 4.79 Å². The van der Waals surface area contributed by atoms with Gasteiger partial charge in [-0.25, -0.2) is 4.98 Å². The summed E-state index contributed by atoms with van der Waals surface area (Å²) in [6.07, 6.45) is 11.1. The zero-order valence-corrected chi connectivity index (χ0v) is 18.4. The van der Waals surface area contributed by atoms with Gasteiger partial charge in [-0.3, -0.25) is 9.78 Å². The van der Waals surface area contributed by atoms with Crippen molar-refractivity contribution >= 4 is 16.9 Å². The molecule has 2 aliphatic rings. The minimum absolute atomic E-state index is 0.210. The van der Waals surface area contributed by atoms with Crippen molar-refractivity contribution in [2.75, 3.05) is 0 Å². The van der Waals surface area contributed by atoms with E-state index in [1.807, 2.05) is 36.9 Å². The summed E-state index contributed by atoms with van der Waals surface area (Å²) in [6, 6.07) is 10.9. The van der Waals surface area contributed by atoms with E-state index in [1.165, 1.54) is 12.8 Å². The van der Waals surface area contributed by atoms with Crippen molar-refractivity contribution in [3.63, 3.8) is 0 Å². The monoisotopic (exact) mass is 422 g/mol. The molecule has 0 radical (unpaired) electrons. The maximum Gasteiger partial charge on any atom is 0.255 e. The van der Waals surface area contributed by atoms with Crippen LogP contribution in [0.5, 0.6) is 0 Å². The van der Waals surface area contributed by atoms with Gasteiger partial charge in [-0.2, -0.15) is 0 Å². The fourth-order valence-corrected chi connectivity index (χ4v) is 5.35. The molecule has 1 aromatic carbocycles. The number of rotatable bonds is 5. The zero-order chi connectivity index (χ0) is 21.8. The lowest BCUT2D eigenvalue weighted by atomic mass is 9.96. The molecule has 1 fully saturated rings. The van der Waals surface area contributed by atoms with Crippen LogP contribution >= 0.6 is 0 Å². The maximum absolute atomic E-state index is 13.2. The molecule has 1 atom stereocenters. The van der Waals surface area contributed by atoms with E-state index in [1.54, 1.807) is 0 Å². The Morgan fingerprint density at radius 3 is 2.69 bits per heavy atom. The van der Waals surface area contributed by atoms with Crippen molar-refractivity contribution in [3.8, 4) is 22.3 Å². The highest BCUT2D eigenvalue weighted by Gasteiger charge is 2.40. The van der Waals surface area contributed by atoms with E-state index < -0.39 is 0 Å². The number of aromatic amines is 1. The first-order valence-corrected chi connectivity index (χ1v) is 11.5. The molecule has 4 aromatic rings. The number of H-pyrrole nitrogens is 1. The Morgan fingerprint density at radius 1 is 1.12 bits per heavy atom. The smallest absolute Gasteiger partial charge is 0.255 e. The second kappa shape index (κ2) is 7.30. The molecule has 1 N–H and O–H groups in total. The average Bonchev–Trinajstić information content (AvgIpc) is 3.47. The number of nitrogens with one attached hydrogen (secondary N) is 1. The maximum atomic E-state index is 13.2. The van der Waals surface area contributed by atoms with Gasteiger partial charge in [0.2, 0.25) is 0 Å². The molecule has 0 bridgehead atoms. The van der Waals surface area contributed by atoms with Crippen molar-refractivity contribution in [2.45, 2.75) is 45.7 Å². The highest BCUT2D eigenvalue weighted by Crippen LogP contribution is 2.41. The van der Waals surface area contributed by atoms with Gasteiger partial charge in [0.1, 0.15) is 5.65 Å². The molecule has 1 aliphatic heterocycles. The summed E-state index contributed by atoms with van der Waals surface area (Å²) in [5.41, 5.74) is 8.39. The number of aryl methyl sites for hydroxylation is 1. The highest BCUT2D eigenvalue weighted by atomic mass is 16.2. The summed E-state index contributed by atoms with van der Waals surface area (Å²) in [6.45, 7) is 4.99. The molecule has 32 heavy (non-hydrogen) atoms. The fourth-order valence-electron chi connectivity index (χ4n) is 5.35. The molecular formula is C27H26N4O. The second-order valence-electron chi connectivity index (χ2n) is 9.13. The first kappa shape index (κ1) is 19.2. The zero-order valence-electron chi connectivity index (χ0n) is 18.4. The lowest BCUT2D eigenvalue weighted by Crippen LogP contribution is -2.36. The quantitative estimate of drug-likeness (QED) is 0.446. The van der Waals surface area contributed by atoms with E-state index >= 15 is 0 Å². The van der Waals surface area contributed by atoms with Crippen molar-refractivity contribution in [3.05, 3.63) is 71.8 Å². The molecule has 0 saturated heterocycles. The SMILES string of the molecule is CC[C@@H](C1CC1)N1Cc2cc(-c3cnc4[nH]cc(-c5ccncc5)c4c3)cc(C)c2C1=O. The highest BCUT2D eigenvalue weighted by molar-refractivity contribution is 6.01. The standard InChI is InChI=1S/C27H26N4O/c1-3-24(18-4-5-18)31-15-21-11-19(10-16(2)25(21)27(31)32)20-12-22-23(14-30-26(22)29-13-20)17-6-8-28-9-7-17/h6-14,18,24H,3-5,15H2,1-2H3,(H,29,30)/t24-/m0/s1. The number of aromatic nitrogens is 3. The molecule has 6 rings (SSSR count). The van der Waals surface area contributed by atoms with E-state index in [0.29, 0.717) is 12.0 Å². The summed E-state index contributed by atoms with van der Waals surface area (Å²) in [4.78, 5) is 27.5. The summed E-state index contributed by atoms with van der Waals surface area (Å²) < 4.78 is 0. The molecule has 0 spiro atoms. The lowest BCUT2D eigenvalue weighted by molar-refractivity contribution is 0.0673. The summed E-state index contributed by atoms with van der Waals surface area (Å²) >= 11 is 0. The Hall–Kier alpha value is -3.47. The van der Waals surface area contributed by atoms with Gasteiger partial charge in [0.05, 0.1) is 0 Å². The topological polar surface area (TPSA) is 61.9 Å². The molecule has 5 nitrogen and oxygen atoms in total. The molecule has 1 amide bonds. The molecule has 3 aromatic heterocycles. The van der Waals surface area contributed by atoms with Gasteiger partial charge in [-0.15, -0.1) is 0 Å². The van der Waals surface area contributed by atoms with Gasteiger partial charge in [-0.1, -0.05) is 13.0 Å².